The van der Waals surface area contributed by atoms with Crippen LogP contribution in [-0.4, -0.2) is 12.7 Å². The summed E-state index contributed by atoms with van der Waals surface area (Å²) in [6.45, 7) is 0. The van der Waals surface area contributed by atoms with Crippen molar-refractivity contribution >= 4 is 34.4 Å². The number of hydrogen-bond acceptors (Lipinski definition) is 2. The van der Waals surface area contributed by atoms with Crippen molar-refractivity contribution in [2.24, 2.45) is 0 Å². The van der Waals surface area contributed by atoms with Crippen molar-refractivity contribution in [3.63, 3.8) is 0 Å². The fourth-order valence-electron chi connectivity index (χ4n) is 1.39. The van der Waals surface area contributed by atoms with E-state index >= 15 is 0 Å². The van der Waals surface area contributed by atoms with E-state index in [4.69, 9.17) is 9.68 Å². The molecule has 0 heterocycles. The molecule has 0 aliphatic carbocycles. The third-order valence-electron chi connectivity index (χ3n) is 2.01. The van der Waals surface area contributed by atoms with Gasteiger partial charge in [0.25, 0.3) is 0 Å². The van der Waals surface area contributed by atoms with E-state index in [1.54, 1.807) is 6.07 Å². The molecule has 0 spiro atoms. The molecule has 0 aliphatic rings. The molecule has 0 saturated heterocycles. The topological polar surface area (TPSA) is 29.5 Å². The van der Waals surface area contributed by atoms with Crippen molar-refractivity contribution in [2.75, 3.05) is 0 Å². The lowest BCUT2D eigenvalue weighted by Gasteiger charge is -2.07. The molecule has 1 N–H and O–H groups in total. The summed E-state index contributed by atoms with van der Waals surface area (Å²) in [6, 6.07) is 11.5. The minimum atomic E-state index is 0.645. The normalized spacial score (nSPS) is 10.1. The molecule has 0 saturated carbocycles. The molecular weight excluding hydrogens is 243 g/mol. The minimum absolute atomic E-state index is 0.645. The predicted molar refractivity (Wildman–Crippen MR) is 60.2 cm³/mol. The fraction of sp³-hybridized carbons (Fsp3) is 0. The molecule has 4 heteroatoms. The highest BCUT2D eigenvalue weighted by molar-refractivity contribution is 9.10. The first-order chi connectivity index (χ1) is 6.83. The van der Waals surface area contributed by atoms with Crippen LogP contribution in [0.3, 0.4) is 0 Å². The summed E-state index contributed by atoms with van der Waals surface area (Å²) >= 11 is 3.45. The molecule has 0 aliphatic heterocycles. The van der Waals surface area contributed by atoms with Crippen molar-refractivity contribution in [1.29, 1.82) is 0 Å². The van der Waals surface area contributed by atoms with Crippen LogP contribution in [0.5, 0.6) is 5.75 Å². The second-order valence-electron chi connectivity index (χ2n) is 2.81. The molecule has 0 amide bonds. The molecule has 0 bridgehead atoms. The Bertz CT molecular complexity index is 459. The summed E-state index contributed by atoms with van der Waals surface area (Å²) in [7, 11) is 0.690. The summed E-state index contributed by atoms with van der Waals surface area (Å²) in [6.07, 6.45) is 0. The van der Waals surface area contributed by atoms with E-state index in [1.807, 2.05) is 30.3 Å². The third-order valence-corrected chi connectivity index (χ3v) is 2.70. The molecule has 0 unspecified atom stereocenters. The Morgan fingerprint density at radius 1 is 1.07 bits per heavy atom. The molecule has 1 radical (unpaired) electrons. The Balaban J connectivity index is 2.68. The van der Waals surface area contributed by atoms with Crippen molar-refractivity contribution in [1.82, 2.24) is 0 Å². The van der Waals surface area contributed by atoms with Crippen molar-refractivity contribution in [3.8, 4) is 5.75 Å². The summed E-state index contributed by atoms with van der Waals surface area (Å²) in [5, 5.41) is 10.6. The van der Waals surface area contributed by atoms with Crippen LogP contribution in [0.4, 0.5) is 0 Å². The van der Waals surface area contributed by atoms with Crippen LogP contribution < -0.4 is 4.65 Å². The Morgan fingerprint density at radius 2 is 1.79 bits per heavy atom. The van der Waals surface area contributed by atoms with Crippen LogP contribution in [0.25, 0.3) is 10.8 Å². The van der Waals surface area contributed by atoms with E-state index in [0.29, 0.717) is 13.4 Å². The van der Waals surface area contributed by atoms with Gasteiger partial charge in [0.15, 0.2) is 0 Å². The van der Waals surface area contributed by atoms with Gasteiger partial charge in [-0.1, -0.05) is 40.2 Å². The first-order valence-corrected chi connectivity index (χ1v) is 4.92. The molecule has 2 nitrogen and oxygen atoms in total. The van der Waals surface area contributed by atoms with E-state index < -0.39 is 0 Å². The zero-order valence-electron chi connectivity index (χ0n) is 7.27. The summed E-state index contributed by atoms with van der Waals surface area (Å²) < 4.78 is 6.00. The van der Waals surface area contributed by atoms with Crippen molar-refractivity contribution in [3.05, 3.63) is 40.9 Å². The predicted octanol–water partition coefficient (Wildman–Crippen LogP) is 2.51. The molecule has 2 rings (SSSR count). The molecule has 14 heavy (non-hydrogen) atoms. The first-order valence-electron chi connectivity index (χ1n) is 4.13. The molecule has 0 aromatic heterocycles. The van der Waals surface area contributed by atoms with Gasteiger partial charge in [0.2, 0.25) is 0 Å². The van der Waals surface area contributed by atoms with Gasteiger partial charge >= 0.3 is 7.69 Å². The average Bonchev–Trinajstić information content (AvgIpc) is 2.23. The number of halogens is 1. The lowest BCUT2D eigenvalue weighted by molar-refractivity contribution is 0.456. The highest BCUT2D eigenvalue weighted by Crippen LogP contribution is 2.31. The number of fused-ring (bicyclic) bond motifs is 1. The lowest BCUT2D eigenvalue weighted by atomic mass is 10.1. The van der Waals surface area contributed by atoms with Gasteiger partial charge < -0.3 is 9.68 Å². The highest BCUT2D eigenvalue weighted by atomic mass is 79.9. The Kier molecular flexibility index (Phi) is 2.75. The van der Waals surface area contributed by atoms with Crippen molar-refractivity contribution < 1.29 is 9.68 Å². The maximum Gasteiger partial charge on any atom is 0.569 e. The summed E-state index contributed by atoms with van der Waals surface area (Å²) in [5.74, 6) is 0.645. The van der Waals surface area contributed by atoms with Crippen LogP contribution in [0.1, 0.15) is 0 Å². The Morgan fingerprint density at radius 3 is 2.50 bits per heavy atom. The average molecular weight is 250 g/mol. The number of hydrogen-bond donors (Lipinski definition) is 1. The molecule has 2 aromatic carbocycles. The van der Waals surface area contributed by atoms with Gasteiger partial charge in [-0.3, -0.25) is 0 Å². The second kappa shape index (κ2) is 4.03. The van der Waals surface area contributed by atoms with E-state index in [2.05, 4.69) is 15.9 Å². The van der Waals surface area contributed by atoms with Crippen LogP contribution in [0.15, 0.2) is 40.9 Å². The molecule has 0 fully saturated rings. The smallest absolute Gasteiger partial charge is 0.537 e. The number of rotatable bonds is 2. The van der Waals surface area contributed by atoms with Gasteiger partial charge in [-0.05, 0) is 17.5 Å². The molecule has 69 valence electrons. The van der Waals surface area contributed by atoms with E-state index in [0.717, 1.165) is 15.2 Å². The van der Waals surface area contributed by atoms with Gasteiger partial charge in [0.1, 0.15) is 5.75 Å². The Hall–Kier alpha value is -0.995. The van der Waals surface area contributed by atoms with Crippen LogP contribution in [0.2, 0.25) is 0 Å². The van der Waals surface area contributed by atoms with Gasteiger partial charge in [-0.25, -0.2) is 0 Å². The molecule has 2 aromatic rings. The fourth-order valence-corrected chi connectivity index (χ4v) is 1.87. The van der Waals surface area contributed by atoms with Gasteiger partial charge in [-0.2, -0.15) is 0 Å². The third kappa shape index (κ3) is 1.63. The Labute approximate surface area is 90.9 Å². The second-order valence-corrected chi connectivity index (χ2v) is 3.67. The van der Waals surface area contributed by atoms with Gasteiger partial charge in [-0.15, -0.1) is 0 Å². The van der Waals surface area contributed by atoms with Crippen LogP contribution in [0, 0.1) is 0 Å². The summed E-state index contributed by atoms with van der Waals surface area (Å²) in [5.41, 5.74) is 0. The van der Waals surface area contributed by atoms with E-state index in [1.165, 1.54) is 0 Å². The largest absolute Gasteiger partial charge is 0.569 e. The van der Waals surface area contributed by atoms with Crippen molar-refractivity contribution in [2.45, 2.75) is 0 Å². The monoisotopic (exact) mass is 249 g/mol. The van der Waals surface area contributed by atoms with Gasteiger partial charge in [0, 0.05) is 9.86 Å². The van der Waals surface area contributed by atoms with Crippen LogP contribution >= 0.6 is 15.9 Å². The maximum absolute atomic E-state index is 8.59. The highest BCUT2D eigenvalue weighted by Gasteiger charge is 2.04. The molecular formula is C10H7BBrO2. The molecule has 0 atom stereocenters. The first kappa shape index (κ1) is 9.56. The zero-order valence-corrected chi connectivity index (χ0v) is 8.86. The van der Waals surface area contributed by atoms with Gasteiger partial charge in [0.05, 0.1) is 0 Å². The van der Waals surface area contributed by atoms with Crippen LogP contribution in [-0.2, 0) is 0 Å². The van der Waals surface area contributed by atoms with E-state index in [-0.39, 0.29) is 0 Å². The summed E-state index contributed by atoms with van der Waals surface area (Å²) in [4.78, 5) is 0. The van der Waals surface area contributed by atoms with E-state index in [9.17, 15) is 0 Å². The maximum atomic E-state index is 8.59. The standard InChI is InChI=1S/C10H7BBrO2/c12-9-5-6-10(14-11-13)8-4-2-1-3-7(8)9/h1-6,13H. The number of benzene rings is 2. The lowest BCUT2D eigenvalue weighted by Crippen LogP contribution is -2.00. The quantitative estimate of drug-likeness (QED) is 0.829. The minimum Gasteiger partial charge on any atom is -0.537 e. The zero-order chi connectivity index (χ0) is 9.97. The SMILES string of the molecule is O[B]Oc1ccc(Br)c2ccccc12.